The summed E-state index contributed by atoms with van der Waals surface area (Å²) in [4.78, 5) is 0. The monoisotopic (exact) mass is 345 g/mol. The van der Waals surface area contributed by atoms with Gasteiger partial charge >= 0.3 is 0 Å². The van der Waals surface area contributed by atoms with Crippen molar-refractivity contribution in [2.24, 2.45) is 0 Å². The van der Waals surface area contributed by atoms with Crippen LogP contribution in [0.5, 0.6) is 0 Å². The van der Waals surface area contributed by atoms with Gasteiger partial charge in [0.25, 0.3) is 0 Å². The molecule has 1 aromatic carbocycles. The molecule has 0 atom stereocenters. The molecule has 2 aromatic rings. The van der Waals surface area contributed by atoms with E-state index < -0.39 is 0 Å². The van der Waals surface area contributed by atoms with Crippen LogP contribution in [0.3, 0.4) is 0 Å². The van der Waals surface area contributed by atoms with Crippen LogP contribution in [0, 0.1) is 0 Å². The minimum Gasteiger partial charge on any atom is -0.310 e. The molecule has 0 unspecified atom stereocenters. The molecule has 1 aromatic heterocycles. The first-order valence-corrected chi connectivity index (χ1v) is 7.68. The third kappa shape index (κ3) is 3.51. The van der Waals surface area contributed by atoms with Gasteiger partial charge in [-0.1, -0.05) is 45.8 Å². The number of rotatable bonds is 5. The van der Waals surface area contributed by atoms with Crippen molar-refractivity contribution in [3.63, 3.8) is 0 Å². The predicted molar refractivity (Wildman–Crippen MR) is 80.1 cm³/mol. The summed E-state index contributed by atoms with van der Waals surface area (Å²) in [6.07, 6.45) is 1.12. The first kappa shape index (κ1) is 13.9. The fraction of sp³-hybridized carbons (Fsp3) is 0.333. The molecule has 0 radical (unpaired) electrons. The van der Waals surface area contributed by atoms with Gasteiger partial charge in [0.05, 0.1) is 0 Å². The van der Waals surface area contributed by atoms with E-state index in [1.54, 1.807) is 11.3 Å². The Balaban J connectivity index is 2.16. The van der Waals surface area contributed by atoms with Gasteiger partial charge in [-0.15, -0.1) is 10.2 Å². The predicted octanol–water partition coefficient (Wildman–Crippen LogP) is 4.12. The van der Waals surface area contributed by atoms with Crippen molar-refractivity contribution in [1.82, 2.24) is 15.5 Å². The zero-order chi connectivity index (χ0) is 13.0. The molecule has 18 heavy (non-hydrogen) atoms. The number of benzene rings is 1. The van der Waals surface area contributed by atoms with E-state index >= 15 is 0 Å². The number of hydrogen-bond donors (Lipinski definition) is 1. The van der Waals surface area contributed by atoms with Crippen LogP contribution in [0.1, 0.15) is 18.4 Å². The third-order valence-corrected chi connectivity index (χ3v) is 4.21. The molecule has 0 saturated heterocycles. The molecular weight excluding hydrogens is 334 g/mol. The molecule has 0 spiro atoms. The lowest BCUT2D eigenvalue weighted by atomic mass is 10.2. The summed E-state index contributed by atoms with van der Waals surface area (Å²) in [5.41, 5.74) is 0.988. The lowest BCUT2D eigenvalue weighted by Gasteiger charge is -2.00. The summed E-state index contributed by atoms with van der Waals surface area (Å²) >= 11 is 11.1. The zero-order valence-electron chi connectivity index (χ0n) is 9.91. The average molecular weight is 347 g/mol. The second kappa shape index (κ2) is 6.61. The Morgan fingerprint density at radius 1 is 1.39 bits per heavy atom. The van der Waals surface area contributed by atoms with E-state index in [0.29, 0.717) is 5.02 Å². The van der Waals surface area contributed by atoms with E-state index in [1.165, 1.54) is 0 Å². The van der Waals surface area contributed by atoms with Crippen LogP contribution < -0.4 is 5.32 Å². The van der Waals surface area contributed by atoms with Crippen LogP contribution in [-0.2, 0) is 6.54 Å². The molecule has 6 heteroatoms. The molecule has 0 aliphatic rings. The van der Waals surface area contributed by atoms with Gasteiger partial charge in [0.2, 0.25) is 0 Å². The summed E-state index contributed by atoms with van der Waals surface area (Å²) in [6, 6.07) is 5.67. The molecule has 2 rings (SSSR count). The minimum absolute atomic E-state index is 0.703. The van der Waals surface area contributed by atoms with Gasteiger partial charge < -0.3 is 5.32 Å². The maximum Gasteiger partial charge on any atom is 0.149 e. The second-order valence-corrected chi connectivity index (χ2v) is 6.15. The van der Waals surface area contributed by atoms with Crippen LogP contribution in [-0.4, -0.2) is 16.7 Å². The van der Waals surface area contributed by atoms with Crippen molar-refractivity contribution in [3.05, 3.63) is 32.7 Å². The number of halogens is 2. The fourth-order valence-corrected chi connectivity index (χ4v) is 3.04. The molecule has 0 saturated carbocycles. The van der Waals surface area contributed by atoms with Crippen LogP contribution in [0.25, 0.3) is 10.6 Å². The summed E-state index contributed by atoms with van der Waals surface area (Å²) < 4.78 is 0.983. The lowest BCUT2D eigenvalue weighted by Crippen LogP contribution is -2.13. The Hall–Kier alpha value is -0.490. The maximum atomic E-state index is 6.00. The molecule has 0 aliphatic heterocycles. The third-order valence-electron chi connectivity index (χ3n) is 2.33. The van der Waals surface area contributed by atoms with Gasteiger partial charge in [-0.3, -0.25) is 0 Å². The Labute approximate surface area is 124 Å². The highest BCUT2D eigenvalue weighted by atomic mass is 79.9. The highest BCUT2D eigenvalue weighted by Gasteiger charge is 2.10. The van der Waals surface area contributed by atoms with Crippen molar-refractivity contribution in [2.45, 2.75) is 19.9 Å². The van der Waals surface area contributed by atoms with E-state index in [0.717, 1.165) is 39.6 Å². The molecule has 1 N–H and O–H groups in total. The summed E-state index contributed by atoms with van der Waals surface area (Å²) in [7, 11) is 0. The lowest BCUT2D eigenvalue weighted by molar-refractivity contribution is 0.668. The maximum absolute atomic E-state index is 6.00. The van der Waals surface area contributed by atoms with Crippen molar-refractivity contribution in [3.8, 4) is 10.6 Å². The Bertz CT molecular complexity index is 530. The number of nitrogens with zero attached hydrogens (tertiary/aromatic N) is 2. The van der Waals surface area contributed by atoms with Gasteiger partial charge in [0.1, 0.15) is 10.0 Å². The van der Waals surface area contributed by atoms with Gasteiger partial charge in [-0.2, -0.15) is 0 Å². The zero-order valence-corrected chi connectivity index (χ0v) is 13.1. The van der Waals surface area contributed by atoms with Gasteiger partial charge in [0.15, 0.2) is 0 Å². The Kier molecular flexibility index (Phi) is 5.12. The van der Waals surface area contributed by atoms with E-state index in [4.69, 9.17) is 11.6 Å². The van der Waals surface area contributed by atoms with E-state index in [9.17, 15) is 0 Å². The molecule has 3 nitrogen and oxygen atoms in total. The Morgan fingerprint density at radius 3 is 3.00 bits per heavy atom. The summed E-state index contributed by atoms with van der Waals surface area (Å²) in [5, 5.41) is 14.3. The fourth-order valence-electron chi connectivity index (χ4n) is 1.47. The van der Waals surface area contributed by atoms with Crippen molar-refractivity contribution in [2.75, 3.05) is 6.54 Å². The Morgan fingerprint density at radius 2 is 2.22 bits per heavy atom. The normalized spacial score (nSPS) is 10.8. The summed E-state index contributed by atoms with van der Waals surface area (Å²) in [6.45, 7) is 3.90. The average Bonchev–Trinajstić information content (AvgIpc) is 2.81. The minimum atomic E-state index is 0.703. The first-order valence-electron chi connectivity index (χ1n) is 5.69. The quantitative estimate of drug-likeness (QED) is 0.828. The number of nitrogens with one attached hydrogen (secondary N) is 1. The topological polar surface area (TPSA) is 37.8 Å². The summed E-state index contributed by atoms with van der Waals surface area (Å²) in [5.74, 6) is 0. The smallest absolute Gasteiger partial charge is 0.149 e. The van der Waals surface area contributed by atoms with E-state index in [-0.39, 0.29) is 0 Å². The highest BCUT2D eigenvalue weighted by molar-refractivity contribution is 9.10. The van der Waals surface area contributed by atoms with Crippen LogP contribution in [0.15, 0.2) is 22.7 Å². The highest BCUT2D eigenvalue weighted by Crippen LogP contribution is 2.32. The molecule has 0 bridgehead atoms. The van der Waals surface area contributed by atoms with E-state index in [2.05, 4.69) is 38.4 Å². The SMILES string of the molecule is CCCNCc1nnc(-c2cc(Cl)ccc2Br)s1. The molecule has 96 valence electrons. The molecule has 0 fully saturated rings. The molecule has 0 aliphatic carbocycles. The van der Waals surface area contributed by atoms with Crippen LogP contribution in [0.4, 0.5) is 0 Å². The van der Waals surface area contributed by atoms with Crippen LogP contribution >= 0.6 is 38.9 Å². The molecule has 0 amide bonds. The van der Waals surface area contributed by atoms with Crippen molar-refractivity contribution < 1.29 is 0 Å². The second-order valence-electron chi connectivity index (χ2n) is 3.80. The van der Waals surface area contributed by atoms with Gasteiger partial charge in [-0.25, -0.2) is 0 Å². The standard InChI is InChI=1S/C12H13BrClN3S/c1-2-5-15-7-11-16-17-12(18-11)9-6-8(14)3-4-10(9)13/h3-4,6,15H,2,5,7H2,1H3. The van der Waals surface area contributed by atoms with Crippen LogP contribution in [0.2, 0.25) is 5.02 Å². The largest absolute Gasteiger partial charge is 0.310 e. The molecule has 1 heterocycles. The number of aromatic nitrogens is 2. The van der Waals surface area contributed by atoms with Crippen molar-refractivity contribution >= 4 is 38.9 Å². The van der Waals surface area contributed by atoms with Gasteiger partial charge in [0, 0.05) is 21.6 Å². The van der Waals surface area contributed by atoms with Crippen molar-refractivity contribution in [1.29, 1.82) is 0 Å². The van der Waals surface area contributed by atoms with Gasteiger partial charge in [-0.05, 0) is 31.2 Å². The van der Waals surface area contributed by atoms with E-state index in [1.807, 2.05) is 18.2 Å². The molecular formula is C12H13BrClN3S. The number of hydrogen-bond acceptors (Lipinski definition) is 4. The first-order chi connectivity index (χ1) is 8.70.